The van der Waals surface area contributed by atoms with E-state index in [9.17, 15) is 0 Å². The van der Waals surface area contributed by atoms with Gasteiger partial charge in [-0.15, -0.1) is 6.58 Å². The second-order valence-electron chi connectivity index (χ2n) is 4.32. The average molecular weight is 196 g/mol. The maximum Gasteiger partial charge on any atom is 0.0221 e. The fourth-order valence-corrected chi connectivity index (χ4v) is 1.98. The van der Waals surface area contributed by atoms with Gasteiger partial charge in [-0.25, -0.2) is 0 Å². The zero-order chi connectivity index (χ0) is 10.4. The molecule has 1 aliphatic heterocycles. The Bertz CT molecular complexity index is 168. The van der Waals surface area contributed by atoms with E-state index in [0.29, 0.717) is 6.04 Å². The van der Waals surface area contributed by atoms with Gasteiger partial charge in [-0.2, -0.15) is 0 Å². The average Bonchev–Trinajstić information content (AvgIpc) is 2.25. The summed E-state index contributed by atoms with van der Waals surface area (Å²) in [5.74, 6) is 0.793. The van der Waals surface area contributed by atoms with Crippen LogP contribution in [-0.2, 0) is 0 Å². The van der Waals surface area contributed by atoms with Gasteiger partial charge < -0.3 is 10.2 Å². The molecule has 0 aromatic heterocycles. The molecule has 82 valence electrons. The molecule has 14 heavy (non-hydrogen) atoms. The van der Waals surface area contributed by atoms with Crippen LogP contribution in [0.1, 0.15) is 26.7 Å². The second kappa shape index (κ2) is 6.20. The Hall–Kier alpha value is -0.340. The van der Waals surface area contributed by atoms with Crippen LogP contribution in [0.5, 0.6) is 0 Å². The molecule has 0 spiro atoms. The topological polar surface area (TPSA) is 15.3 Å². The van der Waals surface area contributed by atoms with E-state index in [4.69, 9.17) is 0 Å². The first-order valence-electron chi connectivity index (χ1n) is 5.84. The summed E-state index contributed by atoms with van der Waals surface area (Å²) in [6.07, 6.45) is 4.40. The van der Waals surface area contributed by atoms with Crippen molar-refractivity contribution in [3.63, 3.8) is 0 Å². The van der Waals surface area contributed by atoms with Crippen LogP contribution in [0.15, 0.2) is 12.7 Å². The fourth-order valence-electron chi connectivity index (χ4n) is 1.98. The highest BCUT2D eigenvalue weighted by atomic mass is 15.2. The third kappa shape index (κ3) is 3.43. The highest BCUT2D eigenvalue weighted by Gasteiger charge is 2.22. The molecule has 0 aromatic carbocycles. The molecular formula is C12H24N2. The first-order chi connectivity index (χ1) is 6.77. The first kappa shape index (κ1) is 11.7. The maximum atomic E-state index is 3.77. The lowest BCUT2D eigenvalue weighted by atomic mass is 9.97. The second-order valence-corrected chi connectivity index (χ2v) is 4.32. The van der Waals surface area contributed by atoms with E-state index in [0.717, 1.165) is 18.9 Å². The summed E-state index contributed by atoms with van der Waals surface area (Å²) in [5, 5.41) is 3.61. The molecule has 1 heterocycles. The Morgan fingerprint density at radius 3 is 3.07 bits per heavy atom. The predicted molar refractivity (Wildman–Crippen MR) is 62.5 cm³/mol. The minimum atomic E-state index is 0.693. The van der Waals surface area contributed by atoms with Crippen LogP contribution < -0.4 is 5.32 Å². The molecule has 0 saturated carbocycles. The van der Waals surface area contributed by atoms with Crippen molar-refractivity contribution in [2.24, 2.45) is 5.92 Å². The number of hydrogen-bond acceptors (Lipinski definition) is 2. The normalized spacial score (nSPS) is 26.0. The molecule has 0 bridgehead atoms. The highest BCUT2D eigenvalue weighted by Crippen LogP contribution is 2.12. The number of nitrogens with zero attached hydrogens (tertiary/aromatic N) is 1. The number of piperazine rings is 1. The summed E-state index contributed by atoms with van der Waals surface area (Å²) < 4.78 is 0. The van der Waals surface area contributed by atoms with Gasteiger partial charge in [0, 0.05) is 32.2 Å². The molecule has 0 aromatic rings. The standard InChI is InChI=1S/C12H24N2/c1-4-6-8-14-9-7-13-12(10-14)11(3)5-2/h4,11-13H,1,5-10H2,2-3H3. The molecule has 2 heteroatoms. The fraction of sp³-hybridized carbons (Fsp3) is 0.833. The van der Waals surface area contributed by atoms with Crippen molar-refractivity contribution >= 4 is 0 Å². The Morgan fingerprint density at radius 1 is 1.64 bits per heavy atom. The van der Waals surface area contributed by atoms with Crippen molar-refractivity contribution in [1.82, 2.24) is 10.2 Å². The zero-order valence-corrected chi connectivity index (χ0v) is 9.63. The van der Waals surface area contributed by atoms with Gasteiger partial charge in [0.1, 0.15) is 0 Å². The molecule has 1 rings (SSSR count). The number of hydrogen-bond donors (Lipinski definition) is 1. The molecule has 2 nitrogen and oxygen atoms in total. The minimum Gasteiger partial charge on any atom is -0.311 e. The number of rotatable bonds is 5. The first-order valence-corrected chi connectivity index (χ1v) is 5.84. The summed E-state index contributed by atoms with van der Waals surface area (Å²) >= 11 is 0. The largest absolute Gasteiger partial charge is 0.311 e. The van der Waals surface area contributed by atoms with Gasteiger partial charge in [0.05, 0.1) is 0 Å². The van der Waals surface area contributed by atoms with Crippen molar-refractivity contribution in [2.45, 2.75) is 32.7 Å². The van der Waals surface area contributed by atoms with Crippen molar-refractivity contribution < 1.29 is 0 Å². The Morgan fingerprint density at radius 2 is 2.43 bits per heavy atom. The lowest BCUT2D eigenvalue weighted by molar-refractivity contribution is 0.171. The van der Waals surface area contributed by atoms with Crippen molar-refractivity contribution in [3.8, 4) is 0 Å². The predicted octanol–water partition coefficient (Wildman–Crippen LogP) is 1.88. The van der Waals surface area contributed by atoms with Gasteiger partial charge in [-0.3, -0.25) is 0 Å². The van der Waals surface area contributed by atoms with E-state index in [1.165, 1.54) is 26.1 Å². The van der Waals surface area contributed by atoms with E-state index in [-0.39, 0.29) is 0 Å². The van der Waals surface area contributed by atoms with Crippen molar-refractivity contribution in [2.75, 3.05) is 26.2 Å². The van der Waals surface area contributed by atoms with E-state index in [2.05, 4.69) is 30.6 Å². The van der Waals surface area contributed by atoms with Crippen molar-refractivity contribution in [1.29, 1.82) is 0 Å². The molecule has 2 atom stereocenters. The molecule has 1 N–H and O–H groups in total. The van der Waals surface area contributed by atoms with Crippen LogP contribution >= 0.6 is 0 Å². The van der Waals surface area contributed by atoms with E-state index >= 15 is 0 Å². The van der Waals surface area contributed by atoms with Gasteiger partial charge in [-0.05, 0) is 12.3 Å². The van der Waals surface area contributed by atoms with Gasteiger partial charge >= 0.3 is 0 Å². The SMILES string of the molecule is C=CCCN1CCNC(C(C)CC)C1. The molecular weight excluding hydrogens is 172 g/mol. The Balaban J connectivity index is 2.31. The van der Waals surface area contributed by atoms with Gasteiger partial charge in [0.25, 0.3) is 0 Å². The molecule has 1 aliphatic rings. The summed E-state index contributed by atoms with van der Waals surface area (Å²) in [6.45, 7) is 13.1. The monoisotopic (exact) mass is 196 g/mol. The lowest BCUT2D eigenvalue weighted by Gasteiger charge is -2.36. The number of nitrogens with one attached hydrogen (secondary N) is 1. The van der Waals surface area contributed by atoms with Gasteiger partial charge in [-0.1, -0.05) is 26.3 Å². The molecule has 1 saturated heterocycles. The van der Waals surface area contributed by atoms with Gasteiger partial charge in [0.15, 0.2) is 0 Å². The molecule has 1 fully saturated rings. The van der Waals surface area contributed by atoms with Crippen LogP contribution in [0, 0.1) is 5.92 Å². The van der Waals surface area contributed by atoms with Crippen LogP contribution in [0.4, 0.5) is 0 Å². The third-order valence-corrected chi connectivity index (χ3v) is 3.27. The molecule has 0 radical (unpaired) electrons. The highest BCUT2D eigenvalue weighted by molar-refractivity contribution is 4.83. The summed E-state index contributed by atoms with van der Waals surface area (Å²) in [4.78, 5) is 2.55. The third-order valence-electron chi connectivity index (χ3n) is 3.27. The molecule has 0 amide bonds. The van der Waals surface area contributed by atoms with Crippen LogP contribution in [0.2, 0.25) is 0 Å². The molecule has 2 unspecified atom stereocenters. The minimum absolute atomic E-state index is 0.693. The van der Waals surface area contributed by atoms with E-state index in [1.54, 1.807) is 0 Å². The quantitative estimate of drug-likeness (QED) is 0.675. The maximum absolute atomic E-state index is 3.77. The van der Waals surface area contributed by atoms with Crippen LogP contribution in [-0.4, -0.2) is 37.1 Å². The van der Waals surface area contributed by atoms with Crippen LogP contribution in [0.25, 0.3) is 0 Å². The Labute approximate surface area is 88.4 Å². The molecule has 0 aliphatic carbocycles. The smallest absolute Gasteiger partial charge is 0.0221 e. The van der Waals surface area contributed by atoms with Crippen molar-refractivity contribution in [3.05, 3.63) is 12.7 Å². The lowest BCUT2D eigenvalue weighted by Crippen LogP contribution is -2.53. The summed E-state index contributed by atoms with van der Waals surface area (Å²) in [5.41, 5.74) is 0. The van der Waals surface area contributed by atoms with Crippen LogP contribution in [0.3, 0.4) is 0 Å². The van der Waals surface area contributed by atoms with Gasteiger partial charge in [0.2, 0.25) is 0 Å². The van der Waals surface area contributed by atoms with E-state index in [1.807, 2.05) is 6.08 Å². The van der Waals surface area contributed by atoms with E-state index < -0.39 is 0 Å². The summed E-state index contributed by atoms with van der Waals surface area (Å²) in [7, 11) is 0. The Kier molecular flexibility index (Phi) is 5.20. The zero-order valence-electron chi connectivity index (χ0n) is 9.63. The summed E-state index contributed by atoms with van der Waals surface area (Å²) in [6, 6.07) is 0.693.